The second-order valence-electron chi connectivity index (χ2n) is 15.8. The number of aromatic hydroxyl groups is 2. The van der Waals surface area contributed by atoms with Crippen LogP contribution in [-0.4, -0.2) is 40.1 Å². The van der Waals surface area contributed by atoms with Crippen molar-refractivity contribution in [2.75, 3.05) is 32.3 Å². The summed E-state index contributed by atoms with van der Waals surface area (Å²) in [6.45, 7) is 18.8. The van der Waals surface area contributed by atoms with E-state index in [2.05, 4.69) is 38.3 Å². The molecule has 314 valence electrons. The summed E-state index contributed by atoms with van der Waals surface area (Å²) in [7, 11) is -8.04. The fraction of sp³-hybridized carbons (Fsp3) is 0.333. The van der Waals surface area contributed by atoms with Gasteiger partial charge in [0.05, 0.1) is 16.4 Å². The number of anilines is 4. The topological polar surface area (TPSA) is 139 Å². The first-order chi connectivity index (χ1) is 27.7. The molecule has 2 heterocycles. The predicted molar refractivity (Wildman–Crippen MR) is 241 cm³/mol. The number of benzene rings is 5. The minimum absolute atomic E-state index is 0.0797. The third-order valence-corrected chi connectivity index (χ3v) is 14.4. The van der Waals surface area contributed by atoms with Crippen LogP contribution in [-0.2, 0) is 33.1 Å². The Bertz CT molecular complexity index is 2660. The first kappa shape index (κ1) is 43.9. The molecule has 4 N–H and O–H groups in total. The van der Waals surface area contributed by atoms with Crippen molar-refractivity contribution in [3.8, 4) is 11.5 Å². The largest absolute Gasteiger partial charge is 0.506 e. The van der Waals surface area contributed by atoms with Crippen molar-refractivity contribution >= 4 is 66.0 Å². The third-order valence-electron chi connectivity index (χ3n) is 11.1. The summed E-state index contributed by atoms with van der Waals surface area (Å²) < 4.78 is 57.9. The molecule has 2 aliphatic rings. The third kappa shape index (κ3) is 9.11. The Kier molecular flexibility index (Phi) is 12.8. The van der Waals surface area contributed by atoms with Crippen LogP contribution in [0.3, 0.4) is 0 Å². The van der Waals surface area contributed by atoms with Crippen LogP contribution in [0.15, 0.2) is 70.5 Å². The number of fused-ring (bicyclic) bond motifs is 1. The Morgan fingerprint density at radius 3 is 1.54 bits per heavy atom. The van der Waals surface area contributed by atoms with Crippen LogP contribution in [0.4, 0.5) is 22.7 Å². The van der Waals surface area contributed by atoms with E-state index in [1.165, 1.54) is 35.7 Å². The van der Waals surface area contributed by atoms with Crippen LogP contribution < -0.4 is 19.2 Å². The average molecular weight is 880 g/mol. The highest BCUT2D eigenvalue weighted by Gasteiger charge is 2.28. The van der Waals surface area contributed by atoms with Crippen LogP contribution in [0, 0.1) is 55.4 Å². The number of sulfonamides is 2. The Hall–Kier alpha value is -4.62. The fourth-order valence-electron chi connectivity index (χ4n) is 8.50. The van der Waals surface area contributed by atoms with Gasteiger partial charge in [-0.3, -0.25) is 9.44 Å². The molecule has 2 aliphatic heterocycles. The van der Waals surface area contributed by atoms with Crippen molar-refractivity contribution < 1.29 is 27.0 Å². The first-order valence-electron chi connectivity index (χ1n) is 19.5. The van der Waals surface area contributed by atoms with E-state index in [-0.39, 0.29) is 25.6 Å². The lowest BCUT2D eigenvalue weighted by molar-refractivity contribution is 0.454. The number of piperidine rings is 1. The minimum Gasteiger partial charge on any atom is -0.506 e. The summed E-state index contributed by atoms with van der Waals surface area (Å²) in [5.74, 6) is -0.729. The molecule has 0 spiro atoms. The lowest BCUT2D eigenvalue weighted by Crippen LogP contribution is -2.31. The monoisotopic (exact) mass is 878 g/mol. The van der Waals surface area contributed by atoms with Crippen molar-refractivity contribution in [1.82, 2.24) is 0 Å². The zero-order valence-electron chi connectivity index (χ0n) is 34.7. The summed E-state index contributed by atoms with van der Waals surface area (Å²) >= 11 is 11.9. The van der Waals surface area contributed by atoms with Crippen molar-refractivity contribution in [3.63, 3.8) is 0 Å². The van der Waals surface area contributed by atoms with Crippen LogP contribution >= 0.6 is 23.2 Å². The Morgan fingerprint density at radius 1 is 0.559 bits per heavy atom. The average Bonchev–Trinajstić information content (AvgIpc) is 3.59. The quantitative estimate of drug-likeness (QED) is 0.121. The van der Waals surface area contributed by atoms with E-state index in [9.17, 15) is 27.0 Å². The molecule has 0 saturated carbocycles. The molecule has 59 heavy (non-hydrogen) atoms. The molecule has 0 aromatic heterocycles. The van der Waals surface area contributed by atoms with Gasteiger partial charge < -0.3 is 20.0 Å². The second kappa shape index (κ2) is 17.2. The van der Waals surface area contributed by atoms with Gasteiger partial charge in [-0.05, 0) is 148 Å². The molecule has 5 aromatic rings. The van der Waals surface area contributed by atoms with E-state index in [0.717, 1.165) is 89.3 Å². The Labute approximate surface area is 358 Å². The zero-order chi connectivity index (χ0) is 43.1. The molecule has 0 atom stereocenters. The summed E-state index contributed by atoms with van der Waals surface area (Å²) in [6.07, 6.45) is 3.56. The molecular formula is C45H52Cl2N4O6S2. The number of phenolic OH excluding ortho intramolecular Hbond substituents is 2. The van der Waals surface area contributed by atoms with E-state index in [4.69, 9.17) is 23.2 Å². The molecule has 0 unspecified atom stereocenters. The standard InChI is InChI=1S/C23H22Cl2N2O3S.C22H30N2O3S/c1-13-8-14(2)22(27-11-16-6-4-5-7-17(16)12-27)15(3)21(13)26-31(29,30)20-10-18(24)9-19(25)23(20)28;1-14-11-17(4)22(25)19(12-14)28(26,27)23-20-15(2)13-16(3)21(18(20)5)24-9-7-6-8-10-24/h4-10,26,28H,11-12H2,1-3H3;11-13,23,25H,6-10H2,1-5H3. The van der Waals surface area contributed by atoms with Crippen LogP contribution in [0.1, 0.15) is 74.9 Å². The summed E-state index contributed by atoms with van der Waals surface area (Å²) in [4.78, 5) is 4.17. The van der Waals surface area contributed by atoms with Gasteiger partial charge in [0.2, 0.25) is 0 Å². The smallest absolute Gasteiger partial charge is 0.265 e. The van der Waals surface area contributed by atoms with Gasteiger partial charge >= 0.3 is 0 Å². The van der Waals surface area contributed by atoms with Crippen LogP contribution in [0.2, 0.25) is 10.0 Å². The number of nitrogens with one attached hydrogen (secondary N) is 2. The van der Waals surface area contributed by atoms with Gasteiger partial charge in [0.15, 0.2) is 5.75 Å². The predicted octanol–water partition coefficient (Wildman–Crippen LogP) is 10.7. The van der Waals surface area contributed by atoms with Crippen molar-refractivity contribution in [1.29, 1.82) is 0 Å². The van der Waals surface area contributed by atoms with Crippen molar-refractivity contribution in [3.05, 3.63) is 126 Å². The highest BCUT2D eigenvalue weighted by Crippen LogP contribution is 2.41. The maximum atomic E-state index is 13.1. The van der Waals surface area contributed by atoms with E-state index in [1.807, 2.05) is 65.8 Å². The fourth-order valence-corrected chi connectivity index (χ4v) is 11.9. The molecule has 1 saturated heterocycles. The maximum Gasteiger partial charge on any atom is 0.265 e. The minimum atomic E-state index is -4.13. The molecular weight excluding hydrogens is 828 g/mol. The van der Waals surface area contributed by atoms with E-state index in [1.54, 1.807) is 13.0 Å². The number of aryl methyl sites for hydroxylation is 6. The number of rotatable bonds is 8. The highest BCUT2D eigenvalue weighted by atomic mass is 35.5. The number of phenols is 2. The highest BCUT2D eigenvalue weighted by molar-refractivity contribution is 7.93. The number of halogens is 2. The van der Waals surface area contributed by atoms with Gasteiger partial charge in [0.25, 0.3) is 20.0 Å². The van der Waals surface area contributed by atoms with Gasteiger partial charge in [-0.25, -0.2) is 16.8 Å². The lowest BCUT2D eigenvalue weighted by atomic mass is 9.99. The maximum absolute atomic E-state index is 13.1. The summed E-state index contributed by atoms with van der Waals surface area (Å²) in [5.41, 5.74) is 12.7. The van der Waals surface area contributed by atoms with E-state index >= 15 is 0 Å². The lowest BCUT2D eigenvalue weighted by Gasteiger charge is -2.33. The van der Waals surface area contributed by atoms with Crippen molar-refractivity contribution in [2.45, 2.75) is 97.5 Å². The summed E-state index contributed by atoms with van der Waals surface area (Å²) in [6, 6.07) is 18.0. The molecule has 1 fully saturated rings. The van der Waals surface area contributed by atoms with E-state index < -0.39 is 25.8 Å². The van der Waals surface area contributed by atoms with Gasteiger partial charge in [0, 0.05) is 42.6 Å². The van der Waals surface area contributed by atoms with Crippen LogP contribution in [0.25, 0.3) is 0 Å². The number of hydrogen-bond acceptors (Lipinski definition) is 8. The van der Waals surface area contributed by atoms with Gasteiger partial charge in [-0.1, -0.05) is 65.7 Å². The Morgan fingerprint density at radius 2 is 1.03 bits per heavy atom. The molecule has 14 heteroatoms. The van der Waals surface area contributed by atoms with E-state index in [0.29, 0.717) is 16.9 Å². The van der Waals surface area contributed by atoms with Gasteiger partial charge in [0.1, 0.15) is 15.5 Å². The molecule has 10 nitrogen and oxygen atoms in total. The Balaban J connectivity index is 0.000000199. The molecule has 0 radical (unpaired) electrons. The first-order valence-corrected chi connectivity index (χ1v) is 23.2. The van der Waals surface area contributed by atoms with Gasteiger partial charge in [-0.2, -0.15) is 0 Å². The zero-order valence-corrected chi connectivity index (χ0v) is 37.9. The molecule has 0 aliphatic carbocycles. The van der Waals surface area contributed by atoms with Crippen molar-refractivity contribution in [2.24, 2.45) is 0 Å². The SMILES string of the molecule is Cc1cc(C)c(N2Cc3ccccc3C2)c(C)c1NS(=O)(=O)c1cc(Cl)cc(Cl)c1O.Cc1cc(C)c(O)c(S(=O)(=O)Nc2c(C)cc(C)c(N3CCCCC3)c2C)c1. The molecule has 0 amide bonds. The normalized spacial score (nSPS) is 14.1. The molecule has 7 rings (SSSR count). The number of nitrogens with zero attached hydrogens (tertiary/aromatic N) is 2. The molecule has 5 aromatic carbocycles. The van der Waals surface area contributed by atoms with Crippen LogP contribution in [0.5, 0.6) is 11.5 Å². The summed E-state index contributed by atoms with van der Waals surface area (Å²) in [5, 5.41) is 20.6. The number of hydrogen-bond donors (Lipinski definition) is 4. The molecule has 0 bridgehead atoms. The van der Waals surface area contributed by atoms with Gasteiger partial charge in [-0.15, -0.1) is 0 Å². The second-order valence-corrected chi connectivity index (χ2v) is 19.9.